The summed E-state index contributed by atoms with van der Waals surface area (Å²) in [5.41, 5.74) is 5.07. The normalized spacial score (nSPS) is 13.0. The predicted octanol–water partition coefficient (Wildman–Crippen LogP) is 4.99. The van der Waals surface area contributed by atoms with E-state index < -0.39 is 0 Å². The van der Waals surface area contributed by atoms with Crippen LogP contribution in [0.5, 0.6) is 0 Å². The minimum atomic E-state index is -0.245. The number of aryl methyl sites for hydroxylation is 3. The van der Waals surface area contributed by atoms with E-state index in [1.54, 1.807) is 6.92 Å². The molecule has 0 spiro atoms. The Morgan fingerprint density at radius 3 is 2.62 bits per heavy atom. The third-order valence-corrected chi connectivity index (χ3v) is 7.54. The number of thioether (sulfide) groups is 1. The van der Waals surface area contributed by atoms with Gasteiger partial charge in [-0.15, -0.1) is 11.3 Å². The molecule has 0 unspecified atom stereocenters. The van der Waals surface area contributed by atoms with Crippen molar-refractivity contribution in [1.29, 1.82) is 0 Å². The zero-order valence-electron chi connectivity index (χ0n) is 17.8. The van der Waals surface area contributed by atoms with Gasteiger partial charge in [0.25, 0.3) is 11.5 Å². The third-order valence-electron chi connectivity index (χ3n) is 5.41. The molecule has 0 fully saturated rings. The number of nitrogens with zero attached hydrogens (tertiary/aromatic N) is 3. The average Bonchev–Trinajstić information content (AvgIpc) is 3.13. The molecular weight excluding hydrogens is 440 g/mol. The highest BCUT2D eigenvalue weighted by Crippen LogP contribution is 2.31. The SMILES string of the molecule is Cc1ccc(NC(=O)c2sc3nc4n(c(=O)c3c2C)N=C(c2ccccc2)CS4)c(C)c1. The van der Waals surface area contributed by atoms with E-state index in [-0.39, 0.29) is 11.5 Å². The number of carbonyl (C=O) groups is 1. The molecular formula is C24H20N4O2S2. The van der Waals surface area contributed by atoms with E-state index in [9.17, 15) is 9.59 Å². The molecule has 3 heterocycles. The van der Waals surface area contributed by atoms with Crippen LogP contribution in [0.3, 0.4) is 0 Å². The first-order valence-electron chi connectivity index (χ1n) is 10.1. The molecule has 0 radical (unpaired) electrons. The average molecular weight is 461 g/mol. The van der Waals surface area contributed by atoms with E-state index in [2.05, 4.69) is 15.4 Å². The summed E-state index contributed by atoms with van der Waals surface area (Å²) < 4.78 is 1.37. The second-order valence-electron chi connectivity index (χ2n) is 7.72. The maximum absolute atomic E-state index is 13.3. The fourth-order valence-corrected chi connectivity index (χ4v) is 5.76. The number of anilines is 1. The molecule has 2 aromatic heterocycles. The van der Waals surface area contributed by atoms with E-state index in [0.717, 1.165) is 28.1 Å². The highest BCUT2D eigenvalue weighted by molar-refractivity contribution is 7.99. The van der Waals surface area contributed by atoms with Crippen molar-refractivity contribution in [2.24, 2.45) is 5.10 Å². The van der Waals surface area contributed by atoms with Crippen LogP contribution in [0.4, 0.5) is 5.69 Å². The molecule has 4 aromatic rings. The number of hydrogen-bond acceptors (Lipinski definition) is 6. The second-order valence-corrected chi connectivity index (χ2v) is 9.66. The fraction of sp³-hybridized carbons (Fsp3) is 0.167. The highest BCUT2D eigenvalue weighted by atomic mass is 32.2. The summed E-state index contributed by atoms with van der Waals surface area (Å²) >= 11 is 2.72. The van der Waals surface area contributed by atoms with Crippen LogP contribution in [0.1, 0.15) is 31.9 Å². The van der Waals surface area contributed by atoms with Gasteiger partial charge in [-0.05, 0) is 43.5 Å². The van der Waals surface area contributed by atoms with Crippen LogP contribution in [-0.2, 0) is 0 Å². The van der Waals surface area contributed by atoms with Crippen molar-refractivity contribution in [1.82, 2.24) is 9.66 Å². The van der Waals surface area contributed by atoms with Crippen molar-refractivity contribution in [3.8, 4) is 0 Å². The van der Waals surface area contributed by atoms with Crippen LogP contribution in [0.2, 0.25) is 0 Å². The molecule has 5 rings (SSSR count). The van der Waals surface area contributed by atoms with E-state index in [4.69, 9.17) is 0 Å². The standard InChI is InChI=1S/C24H20N4O2S2/c1-13-9-10-17(14(2)11-13)25-21(29)20-15(3)19-22(32-20)26-24-28(23(19)30)27-18(12-31-24)16-7-5-4-6-8-16/h4-11H,12H2,1-3H3,(H,25,29). The van der Waals surface area contributed by atoms with Crippen LogP contribution < -0.4 is 10.9 Å². The van der Waals surface area contributed by atoms with Gasteiger partial charge >= 0.3 is 0 Å². The van der Waals surface area contributed by atoms with Crippen molar-refractivity contribution < 1.29 is 4.79 Å². The number of benzene rings is 2. The van der Waals surface area contributed by atoms with E-state index in [1.165, 1.54) is 27.8 Å². The minimum absolute atomic E-state index is 0.235. The summed E-state index contributed by atoms with van der Waals surface area (Å²) in [4.78, 5) is 32.1. The van der Waals surface area contributed by atoms with Gasteiger partial charge in [-0.2, -0.15) is 9.78 Å². The number of rotatable bonds is 3. The number of hydrogen-bond donors (Lipinski definition) is 1. The van der Waals surface area contributed by atoms with Gasteiger partial charge in [0.15, 0.2) is 5.16 Å². The highest BCUT2D eigenvalue weighted by Gasteiger charge is 2.24. The van der Waals surface area contributed by atoms with Crippen LogP contribution in [-0.4, -0.2) is 27.0 Å². The molecule has 2 aromatic carbocycles. The Kier molecular flexibility index (Phi) is 5.19. The summed E-state index contributed by atoms with van der Waals surface area (Å²) in [5, 5.41) is 8.56. The quantitative estimate of drug-likeness (QED) is 0.437. The molecule has 1 aliphatic heterocycles. The molecule has 0 atom stereocenters. The lowest BCUT2D eigenvalue weighted by Gasteiger charge is -2.15. The molecule has 1 amide bonds. The fourth-order valence-electron chi connectivity index (χ4n) is 3.74. The summed E-state index contributed by atoms with van der Waals surface area (Å²) in [7, 11) is 0. The van der Waals surface area contributed by atoms with Crippen LogP contribution >= 0.6 is 23.1 Å². The third kappa shape index (κ3) is 3.55. The van der Waals surface area contributed by atoms with Gasteiger partial charge in [0.05, 0.1) is 16.0 Å². The summed E-state index contributed by atoms with van der Waals surface area (Å²) in [6, 6.07) is 15.7. The maximum atomic E-state index is 13.3. The molecule has 1 aliphatic rings. The Morgan fingerprint density at radius 1 is 1.09 bits per heavy atom. The number of fused-ring (bicyclic) bond motifs is 2. The van der Waals surface area contributed by atoms with Crippen LogP contribution in [0, 0.1) is 20.8 Å². The maximum Gasteiger partial charge on any atom is 0.283 e. The molecule has 0 saturated carbocycles. The second kappa shape index (κ2) is 8.03. The lowest BCUT2D eigenvalue weighted by atomic mass is 10.1. The molecule has 160 valence electrons. The van der Waals surface area contributed by atoms with Crippen molar-refractivity contribution in [3.63, 3.8) is 0 Å². The Balaban J connectivity index is 1.56. The lowest BCUT2D eigenvalue weighted by Crippen LogP contribution is -2.25. The molecule has 32 heavy (non-hydrogen) atoms. The monoisotopic (exact) mass is 460 g/mol. The van der Waals surface area contributed by atoms with Crippen molar-refractivity contribution in [2.45, 2.75) is 25.9 Å². The number of thiophene rings is 1. The molecule has 0 saturated heterocycles. The van der Waals surface area contributed by atoms with E-state index in [0.29, 0.717) is 31.6 Å². The number of carbonyl (C=O) groups excluding carboxylic acids is 1. The Labute approximate surface area is 193 Å². The number of amides is 1. The Hall–Kier alpha value is -3.23. The van der Waals surface area contributed by atoms with Gasteiger partial charge in [0, 0.05) is 11.4 Å². The van der Waals surface area contributed by atoms with Gasteiger partial charge in [-0.3, -0.25) is 9.59 Å². The molecule has 0 aliphatic carbocycles. The molecule has 8 heteroatoms. The predicted molar refractivity (Wildman–Crippen MR) is 132 cm³/mol. The number of nitrogens with one attached hydrogen (secondary N) is 1. The van der Waals surface area contributed by atoms with Crippen molar-refractivity contribution >= 4 is 50.6 Å². The van der Waals surface area contributed by atoms with Crippen molar-refractivity contribution in [3.05, 3.63) is 86.0 Å². The van der Waals surface area contributed by atoms with Gasteiger partial charge in [-0.1, -0.05) is 59.8 Å². The molecule has 6 nitrogen and oxygen atoms in total. The Bertz CT molecular complexity index is 1470. The van der Waals surface area contributed by atoms with Gasteiger partial charge in [0.2, 0.25) is 0 Å². The first kappa shape index (κ1) is 20.7. The molecule has 1 N–H and O–H groups in total. The van der Waals surface area contributed by atoms with E-state index in [1.807, 2.05) is 62.4 Å². The first-order valence-corrected chi connectivity index (χ1v) is 11.9. The zero-order chi connectivity index (χ0) is 22.4. The number of aromatic nitrogens is 2. The first-order chi connectivity index (χ1) is 15.4. The Morgan fingerprint density at radius 2 is 1.88 bits per heavy atom. The lowest BCUT2D eigenvalue weighted by molar-refractivity contribution is 0.103. The zero-order valence-corrected chi connectivity index (χ0v) is 19.4. The van der Waals surface area contributed by atoms with E-state index >= 15 is 0 Å². The summed E-state index contributed by atoms with van der Waals surface area (Å²) in [6.45, 7) is 5.77. The van der Waals surface area contributed by atoms with Crippen LogP contribution in [0.25, 0.3) is 10.2 Å². The van der Waals surface area contributed by atoms with Crippen molar-refractivity contribution in [2.75, 3.05) is 11.1 Å². The van der Waals surface area contributed by atoms with Crippen LogP contribution in [0.15, 0.2) is 63.6 Å². The molecule has 0 bridgehead atoms. The van der Waals surface area contributed by atoms with Gasteiger partial charge in [0.1, 0.15) is 4.83 Å². The summed E-state index contributed by atoms with van der Waals surface area (Å²) in [5.74, 6) is 0.396. The largest absolute Gasteiger partial charge is 0.321 e. The topological polar surface area (TPSA) is 76.3 Å². The van der Waals surface area contributed by atoms with Gasteiger partial charge < -0.3 is 5.32 Å². The summed E-state index contributed by atoms with van der Waals surface area (Å²) in [6.07, 6.45) is 0. The van der Waals surface area contributed by atoms with Gasteiger partial charge in [-0.25, -0.2) is 4.98 Å². The minimum Gasteiger partial charge on any atom is -0.321 e. The smallest absolute Gasteiger partial charge is 0.283 e.